The summed E-state index contributed by atoms with van der Waals surface area (Å²) in [5.74, 6) is -0.329. The lowest BCUT2D eigenvalue weighted by Gasteiger charge is -2.15. The van der Waals surface area contributed by atoms with Gasteiger partial charge in [-0.3, -0.25) is 18.7 Å². The number of aromatic nitrogens is 3. The Morgan fingerprint density at radius 1 is 1.21 bits per heavy atom. The van der Waals surface area contributed by atoms with Gasteiger partial charge in [0.2, 0.25) is 5.91 Å². The van der Waals surface area contributed by atoms with Crippen molar-refractivity contribution in [3.8, 4) is 0 Å². The molecule has 1 aliphatic heterocycles. The van der Waals surface area contributed by atoms with Crippen molar-refractivity contribution in [1.82, 2.24) is 14.1 Å². The van der Waals surface area contributed by atoms with Crippen LogP contribution in [0.5, 0.6) is 0 Å². The van der Waals surface area contributed by atoms with Crippen molar-refractivity contribution in [3.63, 3.8) is 0 Å². The minimum absolute atomic E-state index is 0.176. The highest BCUT2D eigenvalue weighted by atomic mass is 32.1. The fraction of sp³-hybridized carbons (Fsp3) is 0.333. The number of hydrogen-bond donors (Lipinski definition) is 1. The van der Waals surface area contributed by atoms with Crippen LogP contribution in [0.15, 0.2) is 52.2 Å². The maximum Gasteiger partial charge on any atom is 0.332 e. The Labute approximate surface area is 193 Å². The Balaban J connectivity index is 1.62. The van der Waals surface area contributed by atoms with Crippen LogP contribution in [0.1, 0.15) is 25.3 Å². The fourth-order valence-electron chi connectivity index (χ4n) is 4.37. The number of ether oxygens (including phenoxy) is 1. The van der Waals surface area contributed by atoms with Gasteiger partial charge in [0.05, 0.1) is 18.2 Å². The van der Waals surface area contributed by atoms with E-state index < -0.39 is 5.69 Å². The summed E-state index contributed by atoms with van der Waals surface area (Å²) in [5.41, 5.74) is 1.32. The lowest BCUT2D eigenvalue weighted by molar-refractivity contribution is -0.116. The normalized spacial score (nSPS) is 16.0. The van der Waals surface area contributed by atoms with Gasteiger partial charge in [-0.1, -0.05) is 25.1 Å². The smallest absolute Gasteiger partial charge is 0.332 e. The van der Waals surface area contributed by atoms with Gasteiger partial charge in [-0.05, 0) is 43.0 Å². The number of nitrogens with one attached hydrogen (secondary N) is 1. The molecule has 1 fully saturated rings. The van der Waals surface area contributed by atoms with Gasteiger partial charge in [-0.15, -0.1) is 11.3 Å². The second-order valence-electron chi connectivity index (χ2n) is 8.11. The van der Waals surface area contributed by atoms with Gasteiger partial charge in [0.15, 0.2) is 0 Å². The standard InChI is InChI=1S/C24H24N4O4S/c1-2-15-7-3-4-10-18(15)26-19(29)14-27-20-17-9-5-11-25-22(17)33-21(20)23(30)28(24(27)31)13-16-8-6-12-32-16/h3-5,7,9-11,16H,2,6,8,12-14H2,1H3,(H,26,29)/t16-/m1/s1. The molecule has 0 unspecified atom stereocenters. The number of carbonyl (C=O) groups excluding carboxylic acids is 1. The highest BCUT2D eigenvalue weighted by Gasteiger charge is 2.24. The third kappa shape index (κ3) is 3.98. The predicted octanol–water partition coefficient (Wildman–Crippen LogP) is 3.15. The van der Waals surface area contributed by atoms with Gasteiger partial charge in [0, 0.05) is 23.9 Å². The second kappa shape index (κ2) is 8.92. The number of rotatable bonds is 6. The van der Waals surface area contributed by atoms with Crippen molar-refractivity contribution in [3.05, 3.63) is 69.0 Å². The molecule has 170 valence electrons. The number of hydrogen-bond acceptors (Lipinski definition) is 6. The Morgan fingerprint density at radius 2 is 2.06 bits per heavy atom. The van der Waals surface area contributed by atoms with Crippen LogP contribution in [0.3, 0.4) is 0 Å². The summed E-state index contributed by atoms with van der Waals surface area (Å²) in [6.45, 7) is 2.61. The van der Waals surface area contributed by atoms with Crippen molar-refractivity contribution in [1.29, 1.82) is 0 Å². The topological polar surface area (TPSA) is 95.2 Å². The first-order valence-corrected chi connectivity index (χ1v) is 11.9. The number of amides is 1. The molecule has 4 aromatic rings. The molecule has 1 aromatic carbocycles. The third-order valence-corrected chi connectivity index (χ3v) is 7.09. The SMILES string of the molecule is CCc1ccccc1NC(=O)Cn1c(=O)n(C[C@H]2CCCO2)c(=O)c2sc3ncccc3c21. The first-order chi connectivity index (χ1) is 16.1. The lowest BCUT2D eigenvalue weighted by Crippen LogP contribution is -2.43. The first-order valence-electron chi connectivity index (χ1n) is 11.1. The molecular weight excluding hydrogens is 440 g/mol. The van der Waals surface area contributed by atoms with Gasteiger partial charge in [-0.25, -0.2) is 9.78 Å². The van der Waals surface area contributed by atoms with Crippen LogP contribution in [-0.2, 0) is 29.0 Å². The van der Waals surface area contributed by atoms with Crippen molar-refractivity contribution < 1.29 is 9.53 Å². The molecule has 1 amide bonds. The van der Waals surface area contributed by atoms with E-state index in [0.717, 1.165) is 30.5 Å². The number of thiophene rings is 1. The zero-order valence-electron chi connectivity index (χ0n) is 18.2. The molecule has 8 nitrogen and oxygen atoms in total. The number of nitrogens with zero attached hydrogens (tertiary/aromatic N) is 3. The van der Waals surface area contributed by atoms with E-state index in [2.05, 4.69) is 10.3 Å². The summed E-state index contributed by atoms with van der Waals surface area (Å²) in [4.78, 5) is 44.9. The maximum absolute atomic E-state index is 13.5. The number of fused-ring (bicyclic) bond motifs is 3. The van der Waals surface area contributed by atoms with Crippen molar-refractivity contribution in [2.45, 2.75) is 45.4 Å². The quantitative estimate of drug-likeness (QED) is 0.473. The van der Waals surface area contributed by atoms with Crippen molar-refractivity contribution >= 4 is 43.4 Å². The molecule has 4 heterocycles. The summed E-state index contributed by atoms with van der Waals surface area (Å²) in [6.07, 6.45) is 3.94. The van der Waals surface area contributed by atoms with Crippen LogP contribution in [0.2, 0.25) is 0 Å². The molecule has 9 heteroatoms. The number of aryl methyl sites for hydroxylation is 1. The number of para-hydroxylation sites is 1. The highest BCUT2D eigenvalue weighted by molar-refractivity contribution is 7.25. The number of benzene rings is 1. The van der Waals surface area contributed by atoms with E-state index in [-0.39, 0.29) is 30.7 Å². The highest BCUT2D eigenvalue weighted by Crippen LogP contribution is 2.29. The van der Waals surface area contributed by atoms with E-state index in [1.165, 1.54) is 20.5 Å². The number of carbonyl (C=O) groups is 1. The molecule has 1 N–H and O–H groups in total. The third-order valence-electron chi connectivity index (χ3n) is 6.00. The van der Waals surface area contributed by atoms with E-state index in [1.807, 2.05) is 37.3 Å². The summed E-state index contributed by atoms with van der Waals surface area (Å²) >= 11 is 1.24. The first kappa shape index (κ1) is 21.5. The van der Waals surface area contributed by atoms with Crippen LogP contribution >= 0.6 is 11.3 Å². The molecule has 0 aliphatic carbocycles. The fourth-order valence-corrected chi connectivity index (χ4v) is 5.46. The molecule has 0 spiro atoms. The van der Waals surface area contributed by atoms with E-state index >= 15 is 0 Å². The minimum Gasteiger partial charge on any atom is -0.376 e. The molecule has 1 aliphatic rings. The average Bonchev–Trinajstić information content (AvgIpc) is 3.48. The zero-order chi connectivity index (χ0) is 22.9. The predicted molar refractivity (Wildman–Crippen MR) is 129 cm³/mol. The van der Waals surface area contributed by atoms with E-state index in [0.29, 0.717) is 27.0 Å². The maximum atomic E-state index is 13.5. The van der Waals surface area contributed by atoms with Crippen LogP contribution < -0.4 is 16.6 Å². The molecule has 1 saturated heterocycles. The van der Waals surface area contributed by atoms with E-state index in [4.69, 9.17) is 4.74 Å². The van der Waals surface area contributed by atoms with Gasteiger partial charge in [0.25, 0.3) is 5.56 Å². The summed E-state index contributed by atoms with van der Waals surface area (Å²) < 4.78 is 8.69. The Kier molecular flexibility index (Phi) is 5.82. The van der Waals surface area contributed by atoms with Crippen LogP contribution in [0.4, 0.5) is 5.69 Å². The van der Waals surface area contributed by atoms with E-state index in [9.17, 15) is 14.4 Å². The van der Waals surface area contributed by atoms with Gasteiger partial charge >= 0.3 is 5.69 Å². The Morgan fingerprint density at radius 3 is 2.85 bits per heavy atom. The summed E-state index contributed by atoms with van der Waals surface area (Å²) in [5, 5.41) is 3.62. The second-order valence-corrected chi connectivity index (χ2v) is 9.11. The summed E-state index contributed by atoms with van der Waals surface area (Å²) in [6, 6.07) is 11.2. The minimum atomic E-state index is -0.509. The van der Waals surface area contributed by atoms with Crippen molar-refractivity contribution in [2.24, 2.45) is 0 Å². The van der Waals surface area contributed by atoms with E-state index in [1.54, 1.807) is 12.3 Å². The zero-order valence-corrected chi connectivity index (χ0v) is 19.1. The summed E-state index contributed by atoms with van der Waals surface area (Å²) in [7, 11) is 0. The van der Waals surface area contributed by atoms with Gasteiger partial charge in [-0.2, -0.15) is 0 Å². The molecule has 1 atom stereocenters. The number of pyridine rings is 1. The molecule has 0 radical (unpaired) electrons. The Bertz CT molecular complexity index is 1460. The average molecular weight is 465 g/mol. The van der Waals surface area contributed by atoms with Crippen LogP contribution in [0.25, 0.3) is 20.4 Å². The molecule has 33 heavy (non-hydrogen) atoms. The lowest BCUT2D eigenvalue weighted by atomic mass is 10.1. The molecule has 0 bridgehead atoms. The monoisotopic (exact) mass is 464 g/mol. The Hall–Kier alpha value is -3.30. The van der Waals surface area contributed by atoms with Gasteiger partial charge < -0.3 is 10.1 Å². The largest absolute Gasteiger partial charge is 0.376 e. The number of anilines is 1. The molecule has 5 rings (SSSR count). The molecule has 3 aromatic heterocycles. The van der Waals surface area contributed by atoms with Crippen LogP contribution in [0, 0.1) is 0 Å². The van der Waals surface area contributed by atoms with Gasteiger partial charge in [0.1, 0.15) is 16.1 Å². The molecule has 0 saturated carbocycles. The van der Waals surface area contributed by atoms with Crippen LogP contribution in [-0.4, -0.2) is 32.7 Å². The molecular formula is C24H24N4O4S. The van der Waals surface area contributed by atoms with Crippen molar-refractivity contribution in [2.75, 3.05) is 11.9 Å².